The molecule has 0 aromatic rings. The van der Waals surface area contributed by atoms with Gasteiger partial charge in [0.2, 0.25) is 5.91 Å². The summed E-state index contributed by atoms with van der Waals surface area (Å²) in [5.74, 6) is 0.587. The van der Waals surface area contributed by atoms with Crippen LogP contribution < -0.4 is 5.32 Å². The van der Waals surface area contributed by atoms with Crippen LogP contribution in [0.1, 0.15) is 52.4 Å². The van der Waals surface area contributed by atoms with Crippen molar-refractivity contribution in [3.05, 3.63) is 0 Å². The molecule has 0 bridgehead atoms. The Hall–Kier alpha value is -0.570. The Kier molecular flexibility index (Phi) is 5.09. The van der Waals surface area contributed by atoms with Gasteiger partial charge in [-0.3, -0.25) is 4.79 Å². The summed E-state index contributed by atoms with van der Waals surface area (Å²) < 4.78 is 0. The van der Waals surface area contributed by atoms with Crippen LogP contribution in [0.4, 0.5) is 0 Å². The molecule has 3 nitrogen and oxygen atoms in total. The van der Waals surface area contributed by atoms with Crippen molar-refractivity contribution >= 4 is 5.91 Å². The van der Waals surface area contributed by atoms with E-state index in [-0.39, 0.29) is 18.1 Å². The van der Waals surface area contributed by atoms with Crippen molar-refractivity contribution in [3.8, 4) is 0 Å². The molecule has 1 amide bonds. The van der Waals surface area contributed by atoms with Crippen LogP contribution in [0, 0.1) is 5.92 Å². The van der Waals surface area contributed by atoms with Crippen LogP contribution in [0.5, 0.6) is 0 Å². The second kappa shape index (κ2) is 6.11. The van der Waals surface area contributed by atoms with Crippen molar-refractivity contribution in [1.29, 1.82) is 0 Å². The number of amides is 1. The highest BCUT2D eigenvalue weighted by Gasteiger charge is 2.25. The highest BCUT2D eigenvalue weighted by atomic mass is 16.3. The average Bonchev–Trinajstić information content (AvgIpc) is 2.17. The third-order valence-corrected chi connectivity index (χ3v) is 3.20. The monoisotopic (exact) mass is 213 g/mol. The lowest BCUT2D eigenvalue weighted by Gasteiger charge is -2.31. The molecule has 2 N–H and O–H groups in total. The first-order valence-corrected chi connectivity index (χ1v) is 6.04. The molecular formula is C12H23NO2. The molecule has 3 heteroatoms. The maximum absolute atomic E-state index is 11.1. The predicted molar refractivity (Wildman–Crippen MR) is 60.5 cm³/mol. The Morgan fingerprint density at radius 1 is 1.40 bits per heavy atom. The number of aliphatic hydroxyl groups is 1. The number of hydrogen-bond acceptors (Lipinski definition) is 2. The standard InChI is InChI=1S/C12H23NO2/c1-9(14)8-12(13-10(2)15)11-6-4-3-5-7-11/h9,11-12,14H,3-8H2,1-2H3,(H,13,15)/t9-,12-/m0/s1. The number of carbonyl (C=O) groups excluding carboxylic acids is 1. The van der Waals surface area contributed by atoms with Gasteiger partial charge in [-0.15, -0.1) is 0 Å². The molecule has 0 heterocycles. The van der Waals surface area contributed by atoms with Crippen LogP contribution in [0.25, 0.3) is 0 Å². The smallest absolute Gasteiger partial charge is 0.217 e. The maximum Gasteiger partial charge on any atom is 0.217 e. The van der Waals surface area contributed by atoms with Gasteiger partial charge in [-0.1, -0.05) is 19.3 Å². The summed E-state index contributed by atoms with van der Waals surface area (Å²) in [5.41, 5.74) is 0. The first-order chi connectivity index (χ1) is 7.09. The van der Waals surface area contributed by atoms with E-state index in [1.807, 2.05) is 0 Å². The quantitative estimate of drug-likeness (QED) is 0.748. The zero-order valence-electron chi connectivity index (χ0n) is 9.83. The van der Waals surface area contributed by atoms with Crippen molar-refractivity contribution in [2.45, 2.75) is 64.5 Å². The van der Waals surface area contributed by atoms with Crippen LogP contribution in [0.3, 0.4) is 0 Å². The lowest BCUT2D eigenvalue weighted by Crippen LogP contribution is -2.41. The molecule has 0 unspecified atom stereocenters. The summed E-state index contributed by atoms with van der Waals surface area (Å²) in [5, 5.41) is 12.4. The van der Waals surface area contributed by atoms with Gasteiger partial charge in [-0.25, -0.2) is 0 Å². The minimum absolute atomic E-state index is 0.0197. The topological polar surface area (TPSA) is 49.3 Å². The van der Waals surface area contributed by atoms with Crippen LogP contribution in [-0.2, 0) is 4.79 Å². The molecule has 0 aliphatic heterocycles. The lowest BCUT2D eigenvalue weighted by atomic mass is 9.82. The molecule has 1 aliphatic rings. The molecule has 1 aliphatic carbocycles. The Bertz CT molecular complexity index is 198. The largest absolute Gasteiger partial charge is 0.393 e. The molecule has 15 heavy (non-hydrogen) atoms. The van der Waals surface area contributed by atoms with Crippen molar-refractivity contribution in [1.82, 2.24) is 5.32 Å². The SMILES string of the molecule is CC(=O)N[C@@H](C[C@H](C)O)C1CCCCC1. The van der Waals surface area contributed by atoms with E-state index in [1.54, 1.807) is 13.8 Å². The maximum atomic E-state index is 11.1. The molecule has 0 aromatic carbocycles. The second-order valence-corrected chi connectivity index (χ2v) is 4.79. The van der Waals surface area contributed by atoms with E-state index in [4.69, 9.17) is 0 Å². The van der Waals surface area contributed by atoms with Gasteiger partial charge in [0.15, 0.2) is 0 Å². The fourth-order valence-electron chi connectivity index (χ4n) is 2.53. The first kappa shape index (κ1) is 12.5. The number of carbonyl (C=O) groups is 1. The van der Waals surface area contributed by atoms with Gasteiger partial charge in [0, 0.05) is 13.0 Å². The minimum atomic E-state index is -0.330. The Morgan fingerprint density at radius 2 is 2.00 bits per heavy atom. The molecule has 0 radical (unpaired) electrons. The number of nitrogens with one attached hydrogen (secondary N) is 1. The summed E-state index contributed by atoms with van der Waals surface area (Å²) >= 11 is 0. The van der Waals surface area contributed by atoms with Gasteiger partial charge in [0.25, 0.3) is 0 Å². The van der Waals surface area contributed by atoms with Gasteiger partial charge < -0.3 is 10.4 Å². The number of rotatable bonds is 4. The summed E-state index contributed by atoms with van der Waals surface area (Å²) in [6.45, 7) is 3.34. The van der Waals surface area contributed by atoms with Crippen LogP contribution in [-0.4, -0.2) is 23.2 Å². The van der Waals surface area contributed by atoms with Crippen molar-refractivity contribution in [2.75, 3.05) is 0 Å². The van der Waals surface area contributed by atoms with E-state index in [0.29, 0.717) is 12.3 Å². The van der Waals surface area contributed by atoms with Gasteiger partial charge in [-0.05, 0) is 32.1 Å². The van der Waals surface area contributed by atoms with Crippen LogP contribution >= 0.6 is 0 Å². The molecule has 88 valence electrons. The lowest BCUT2D eigenvalue weighted by molar-refractivity contribution is -0.120. The van der Waals surface area contributed by atoms with Crippen LogP contribution in [0.15, 0.2) is 0 Å². The van der Waals surface area contributed by atoms with E-state index < -0.39 is 0 Å². The van der Waals surface area contributed by atoms with Crippen molar-refractivity contribution < 1.29 is 9.90 Å². The van der Waals surface area contributed by atoms with E-state index in [9.17, 15) is 9.90 Å². The van der Waals surface area contributed by atoms with Crippen molar-refractivity contribution in [2.24, 2.45) is 5.92 Å². The van der Waals surface area contributed by atoms with Gasteiger partial charge in [0.05, 0.1) is 6.10 Å². The first-order valence-electron chi connectivity index (χ1n) is 6.04. The Balaban J connectivity index is 2.48. The fourth-order valence-corrected chi connectivity index (χ4v) is 2.53. The van der Waals surface area contributed by atoms with E-state index >= 15 is 0 Å². The van der Waals surface area contributed by atoms with Gasteiger partial charge >= 0.3 is 0 Å². The van der Waals surface area contributed by atoms with Crippen molar-refractivity contribution in [3.63, 3.8) is 0 Å². The molecule has 1 rings (SSSR count). The molecule has 1 fully saturated rings. The fraction of sp³-hybridized carbons (Fsp3) is 0.917. The number of aliphatic hydroxyl groups excluding tert-OH is 1. The molecular weight excluding hydrogens is 190 g/mol. The van der Waals surface area contributed by atoms with E-state index in [2.05, 4.69) is 5.32 Å². The zero-order chi connectivity index (χ0) is 11.3. The van der Waals surface area contributed by atoms with E-state index in [1.165, 1.54) is 32.1 Å². The Morgan fingerprint density at radius 3 is 2.47 bits per heavy atom. The molecule has 0 aromatic heterocycles. The minimum Gasteiger partial charge on any atom is -0.393 e. The molecule has 0 saturated heterocycles. The number of hydrogen-bond donors (Lipinski definition) is 2. The van der Waals surface area contributed by atoms with Gasteiger partial charge in [0.1, 0.15) is 0 Å². The normalized spacial score (nSPS) is 22.1. The average molecular weight is 213 g/mol. The molecule has 2 atom stereocenters. The Labute approximate surface area is 92.3 Å². The predicted octanol–water partition coefficient (Wildman–Crippen LogP) is 1.84. The third-order valence-electron chi connectivity index (χ3n) is 3.20. The van der Waals surface area contributed by atoms with Gasteiger partial charge in [-0.2, -0.15) is 0 Å². The highest BCUT2D eigenvalue weighted by Crippen LogP contribution is 2.28. The summed E-state index contributed by atoms with van der Waals surface area (Å²) in [6, 6.07) is 0.169. The van der Waals surface area contributed by atoms with E-state index in [0.717, 1.165) is 0 Å². The summed E-state index contributed by atoms with van der Waals surface area (Å²) in [4.78, 5) is 11.1. The zero-order valence-corrected chi connectivity index (χ0v) is 9.83. The summed E-state index contributed by atoms with van der Waals surface area (Å²) in [6.07, 6.45) is 6.59. The molecule has 1 saturated carbocycles. The third kappa shape index (κ3) is 4.65. The second-order valence-electron chi connectivity index (χ2n) is 4.79. The van der Waals surface area contributed by atoms with Crippen LogP contribution in [0.2, 0.25) is 0 Å². The molecule has 0 spiro atoms. The summed E-state index contributed by atoms with van der Waals surface area (Å²) in [7, 11) is 0. The highest BCUT2D eigenvalue weighted by molar-refractivity contribution is 5.73.